The van der Waals surface area contributed by atoms with Crippen LogP contribution in [0.15, 0.2) is 59.1 Å². The fraction of sp³-hybridized carbons (Fsp3) is 0.409. The lowest BCUT2D eigenvalue weighted by Crippen LogP contribution is -2.51. The second kappa shape index (κ2) is 8.83. The second-order valence-electron chi connectivity index (χ2n) is 7.04. The summed E-state index contributed by atoms with van der Waals surface area (Å²) in [6.07, 6.45) is 0.907. The van der Waals surface area contributed by atoms with Crippen LogP contribution in [0.4, 0.5) is 0 Å². The van der Waals surface area contributed by atoms with Crippen LogP contribution in [0.1, 0.15) is 37.4 Å². The lowest BCUT2D eigenvalue weighted by atomic mass is 9.96. The summed E-state index contributed by atoms with van der Waals surface area (Å²) in [6, 6.07) is 19.5. The summed E-state index contributed by atoms with van der Waals surface area (Å²) in [4.78, 5) is 17.0. The molecule has 2 aromatic rings. The Balaban J connectivity index is 1.79. The second-order valence-corrected chi connectivity index (χ2v) is 7.95. The van der Waals surface area contributed by atoms with E-state index in [9.17, 15) is 4.79 Å². The predicted octanol–water partition coefficient (Wildman–Crippen LogP) is 4.73. The van der Waals surface area contributed by atoms with Crippen molar-refractivity contribution in [3.63, 3.8) is 0 Å². The molecule has 0 N–H and O–H groups in total. The van der Waals surface area contributed by atoms with Gasteiger partial charge in [-0.25, -0.2) is 0 Å². The van der Waals surface area contributed by atoms with E-state index >= 15 is 0 Å². The highest BCUT2D eigenvalue weighted by atomic mass is 79.9. The number of carbonyl (C=O) groups is 1. The van der Waals surface area contributed by atoms with E-state index in [0.717, 1.165) is 37.1 Å². The number of rotatable bonds is 5. The van der Waals surface area contributed by atoms with E-state index in [0.29, 0.717) is 5.91 Å². The molecule has 3 rings (SSSR count). The molecule has 0 aliphatic carbocycles. The van der Waals surface area contributed by atoms with Gasteiger partial charge in [-0.15, -0.1) is 0 Å². The molecule has 0 aromatic heterocycles. The molecule has 1 amide bonds. The minimum atomic E-state index is 0.123. The van der Waals surface area contributed by atoms with Crippen molar-refractivity contribution in [1.29, 1.82) is 0 Å². The smallest absolute Gasteiger partial charge is 0.225 e. The first-order valence-electron chi connectivity index (χ1n) is 9.43. The highest BCUT2D eigenvalue weighted by molar-refractivity contribution is 9.10. The van der Waals surface area contributed by atoms with Gasteiger partial charge in [0.25, 0.3) is 0 Å². The molecule has 1 aliphatic heterocycles. The molecule has 138 valence electrons. The van der Waals surface area contributed by atoms with Crippen molar-refractivity contribution in [3.05, 3.63) is 70.2 Å². The molecule has 0 spiro atoms. The molecule has 3 nitrogen and oxygen atoms in total. The van der Waals surface area contributed by atoms with Crippen LogP contribution in [0.25, 0.3) is 0 Å². The molecule has 0 bridgehead atoms. The van der Waals surface area contributed by atoms with Crippen molar-refractivity contribution in [1.82, 2.24) is 9.80 Å². The molecular weight excluding hydrogens is 388 g/mol. The molecule has 1 heterocycles. The number of halogens is 1. The highest BCUT2D eigenvalue weighted by Crippen LogP contribution is 2.30. The van der Waals surface area contributed by atoms with Crippen LogP contribution in [0, 0.1) is 5.92 Å². The van der Waals surface area contributed by atoms with Crippen LogP contribution in [0.3, 0.4) is 0 Å². The molecule has 4 heteroatoms. The third-order valence-electron chi connectivity index (χ3n) is 5.33. The Morgan fingerprint density at radius 3 is 2.12 bits per heavy atom. The summed E-state index contributed by atoms with van der Waals surface area (Å²) in [5, 5.41) is 0. The van der Waals surface area contributed by atoms with Gasteiger partial charge in [-0.05, 0) is 29.7 Å². The van der Waals surface area contributed by atoms with Crippen LogP contribution in [0.2, 0.25) is 0 Å². The first kappa shape index (κ1) is 19.1. The average molecular weight is 415 g/mol. The Kier molecular flexibility index (Phi) is 6.49. The van der Waals surface area contributed by atoms with Crippen molar-refractivity contribution in [2.45, 2.75) is 26.3 Å². The van der Waals surface area contributed by atoms with Crippen LogP contribution in [-0.2, 0) is 4.79 Å². The summed E-state index contributed by atoms with van der Waals surface area (Å²) in [5.41, 5.74) is 2.60. The van der Waals surface area contributed by atoms with E-state index in [1.807, 2.05) is 11.8 Å². The largest absolute Gasteiger partial charge is 0.340 e. The normalized spacial score (nSPS) is 17.7. The van der Waals surface area contributed by atoms with Crippen LogP contribution in [-0.4, -0.2) is 41.9 Å². The third-order valence-corrected chi connectivity index (χ3v) is 5.85. The van der Waals surface area contributed by atoms with Gasteiger partial charge in [0.15, 0.2) is 0 Å². The molecule has 1 aliphatic rings. The first-order valence-corrected chi connectivity index (χ1v) is 10.2. The number of hydrogen-bond donors (Lipinski definition) is 0. The van der Waals surface area contributed by atoms with Crippen molar-refractivity contribution < 1.29 is 4.79 Å². The topological polar surface area (TPSA) is 23.6 Å². The maximum atomic E-state index is 12.5. The minimum absolute atomic E-state index is 0.123. The van der Waals surface area contributed by atoms with Gasteiger partial charge in [-0.2, -0.15) is 0 Å². The lowest BCUT2D eigenvalue weighted by Gasteiger charge is -2.40. The molecule has 2 aromatic carbocycles. The standard InChI is InChI=1S/C22H27BrN2O/c1-3-17(2)22(26)25-15-13-24(14-16-25)21(18-7-5-4-6-8-18)19-9-11-20(23)12-10-19/h4-12,17,21H,3,13-16H2,1-2H3/t17-,21-/m0/s1. The summed E-state index contributed by atoms with van der Waals surface area (Å²) in [7, 11) is 0. The Morgan fingerprint density at radius 1 is 0.962 bits per heavy atom. The number of amides is 1. The highest BCUT2D eigenvalue weighted by Gasteiger charge is 2.29. The van der Waals surface area contributed by atoms with Gasteiger partial charge in [0.2, 0.25) is 5.91 Å². The van der Waals surface area contributed by atoms with Crippen LogP contribution < -0.4 is 0 Å². The first-order chi connectivity index (χ1) is 12.6. The summed E-state index contributed by atoms with van der Waals surface area (Å²) < 4.78 is 1.09. The zero-order valence-corrected chi connectivity index (χ0v) is 17.2. The zero-order chi connectivity index (χ0) is 18.5. The van der Waals surface area contributed by atoms with Crippen LogP contribution in [0.5, 0.6) is 0 Å². The molecule has 1 fully saturated rings. The van der Waals surface area contributed by atoms with Gasteiger partial charge in [-0.3, -0.25) is 9.69 Å². The fourth-order valence-electron chi connectivity index (χ4n) is 3.58. The zero-order valence-electron chi connectivity index (χ0n) is 15.6. The number of carbonyl (C=O) groups excluding carboxylic acids is 1. The maximum absolute atomic E-state index is 12.5. The summed E-state index contributed by atoms with van der Waals surface area (Å²) in [5.74, 6) is 0.421. The molecular formula is C22H27BrN2O. The van der Waals surface area contributed by atoms with Crippen LogP contribution >= 0.6 is 15.9 Å². The third kappa shape index (κ3) is 4.36. The van der Waals surface area contributed by atoms with Crippen molar-refractivity contribution in [2.24, 2.45) is 5.92 Å². The molecule has 2 atom stereocenters. The van der Waals surface area contributed by atoms with E-state index in [1.54, 1.807) is 0 Å². The minimum Gasteiger partial charge on any atom is -0.340 e. The van der Waals surface area contributed by atoms with E-state index in [-0.39, 0.29) is 12.0 Å². The van der Waals surface area contributed by atoms with Gasteiger partial charge in [0, 0.05) is 36.6 Å². The van der Waals surface area contributed by atoms with E-state index < -0.39 is 0 Å². The lowest BCUT2D eigenvalue weighted by molar-refractivity contribution is -0.137. The fourth-order valence-corrected chi connectivity index (χ4v) is 3.85. The average Bonchev–Trinajstić information content (AvgIpc) is 2.70. The quantitative estimate of drug-likeness (QED) is 0.705. The molecule has 0 saturated carbocycles. The number of nitrogens with zero attached hydrogens (tertiary/aromatic N) is 2. The van der Waals surface area contributed by atoms with Crippen molar-refractivity contribution >= 4 is 21.8 Å². The van der Waals surface area contributed by atoms with Gasteiger partial charge in [-0.1, -0.05) is 72.2 Å². The SMILES string of the molecule is CC[C@H](C)C(=O)N1CCN([C@@H](c2ccccc2)c2ccc(Br)cc2)CC1. The maximum Gasteiger partial charge on any atom is 0.225 e. The molecule has 0 unspecified atom stereocenters. The number of piperazine rings is 1. The van der Waals surface area contributed by atoms with Crippen molar-refractivity contribution in [3.8, 4) is 0 Å². The predicted molar refractivity (Wildman–Crippen MR) is 110 cm³/mol. The Morgan fingerprint density at radius 2 is 1.54 bits per heavy atom. The van der Waals surface area contributed by atoms with E-state index in [4.69, 9.17) is 0 Å². The van der Waals surface area contributed by atoms with Gasteiger partial charge in [0.1, 0.15) is 0 Å². The Hall–Kier alpha value is -1.65. The van der Waals surface area contributed by atoms with Gasteiger partial charge < -0.3 is 4.90 Å². The summed E-state index contributed by atoms with van der Waals surface area (Å²) >= 11 is 3.53. The number of hydrogen-bond acceptors (Lipinski definition) is 2. The number of benzene rings is 2. The Labute approximate surface area is 165 Å². The molecule has 1 saturated heterocycles. The summed E-state index contributed by atoms with van der Waals surface area (Å²) in [6.45, 7) is 7.53. The van der Waals surface area contributed by atoms with Gasteiger partial charge >= 0.3 is 0 Å². The molecule has 0 radical (unpaired) electrons. The van der Waals surface area contributed by atoms with Crippen molar-refractivity contribution in [2.75, 3.05) is 26.2 Å². The van der Waals surface area contributed by atoms with E-state index in [2.05, 4.69) is 82.4 Å². The molecule has 26 heavy (non-hydrogen) atoms. The van der Waals surface area contributed by atoms with E-state index in [1.165, 1.54) is 11.1 Å². The Bertz CT molecular complexity index is 709. The van der Waals surface area contributed by atoms with Gasteiger partial charge in [0.05, 0.1) is 6.04 Å². The monoisotopic (exact) mass is 414 g/mol.